The van der Waals surface area contributed by atoms with E-state index in [1.165, 1.54) is 5.56 Å². The molecule has 0 spiro atoms. The van der Waals surface area contributed by atoms with Crippen molar-refractivity contribution in [1.29, 1.82) is 0 Å². The fraction of sp³-hybridized carbons (Fsp3) is 0.353. The van der Waals surface area contributed by atoms with Crippen LogP contribution in [0.5, 0.6) is 11.5 Å². The van der Waals surface area contributed by atoms with Crippen molar-refractivity contribution < 1.29 is 4.74 Å². The van der Waals surface area contributed by atoms with E-state index < -0.39 is 0 Å². The summed E-state index contributed by atoms with van der Waals surface area (Å²) in [4.78, 5) is 4.08. The molecule has 0 amide bonds. The van der Waals surface area contributed by atoms with E-state index in [1.54, 1.807) is 6.20 Å². The third-order valence-electron chi connectivity index (χ3n) is 2.88. The van der Waals surface area contributed by atoms with E-state index in [4.69, 9.17) is 16.3 Å². The molecule has 1 aromatic heterocycles. The maximum absolute atomic E-state index is 5.90. The highest BCUT2D eigenvalue weighted by Gasteiger charge is 2.11. The van der Waals surface area contributed by atoms with Crippen LogP contribution in [-0.4, -0.2) is 4.98 Å². The first-order valence-electron chi connectivity index (χ1n) is 6.72. The van der Waals surface area contributed by atoms with E-state index in [2.05, 4.69) is 37.9 Å². The van der Waals surface area contributed by atoms with Gasteiger partial charge in [-0.05, 0) is 48.1 Å². The minimum atomic E-state index is 0.291. The maximum atomic E-state index is 5.90. The standard InChI is InChI=1S/C17H20ClNO/c1-12-9-15(11-19-16(12)18)20-14-7-5-13(6-8-14)10-17(2,3)4/h5-9,11H,10H2,1-4H3. The lowest BCUT2D eigenvalue weighted by molar-refractivity contribution is 0.410. The molecule has 0 aliphatic carbocycles. The average Bonchev–Trinajstić information content (AvgIpc) is 2.35. The van der Waals surface area contributed by atoms with Crippen LogP contribution < -0.4 is 4.74 Å². The van der Waals surface area contributed by atoms with Gasteiger partial charge in [0.1, 0.15) is 16.7 Å². The lowest BCUT2D eigenvalue weighted by Gasteiger charge is -2.18. The Labute approximate surface area is 125 Å². The van der Waals surface area contributed by atoms with Crippen molar-refractivity contribution >= 4 is 11.6 Å². The first kappa shape index (κ1) is 14.9. The predicted molar refractivity (Wildman–Crippen MR) is 83.7 cm³/mol. The van der Waals surface area contributed by atoms with Crippen LogP contribution >= 0.6 is 11.6 Å². The fourth-order valence-corrected chi connectivity index (χ4v) is 2.12. The van der Waals surface area contributed by atoms with Crippen LogP contribution in [0, 0.1) is 12.3 Å². The summed E-state index contributed by atoms with van der Waals surface area (Å²) in [5.74, 6) is 1.52. The largest absolute Gasteiger partial charge is 0.456 e. The summed E-state index contributed by atoms with van der Waals surface area (Å²) in [5.41, 5.74) is 2.52. The molecule has 2 nitrogen and oxygen atoms in total. The molecule has 20 heavy (non-hydrogen) atoms. The Hall–Kier alpha value is -1.54. The molecule has 1 aromatic carbocycles. The Balaban J connectivity index is 2.08. The summed E-state index contributed by atoms with van der Waals surface area (Å²) in [6.07, 6.45) is 2.69. The van der Waals surface area contributed by atoms with E-state index in [-0.39, 0.29) is 0 Å². The van der Waals surface area contributed by atoms with Crippen LogP contribution in [-0.2, 0) is 6.42 Å². The van der Waals surface area contributed by atoms with Gasteiger partial charge in [0.05, 0.1) is 6.20 Å². The van der Waals surface area contributed by atoms with Gasteiger partial charge in [-0.3, -0.25) is 0 Å². The van der Waals surface area contributed by atoms with Crippen molar-refractivity contribution in [2.45, 2.75) is 34.1 Å². The number of hydrogen-bond donors (Lipinski definition) is 0. The number of rotatable bonds is 3. The monoisotopic (exact) mass is 289 g/mol. The van der Waals surface area contributed by atoms with Crippen LogP contribution in [0.1, 0.15) is 31.9 Å². The van der Waals surface area contributed by atoms with Gasteiger partial charge in [0.15, 0.2) is 0 Å². The van der Waals surface area contributed by atoms with Gasteiger partial charge in [-0.1, -0.05) is 44.5 Å². The Kier molecular flexibility index (Phi) is 4.34. The quantitative estimate of drug-likeness (QED) is 0.703. The summed E-state index contributed by atoms with van der Waals surface area (Å²) < 4.78 is 5.78. The minimum Gasteiger partial charge on any atom is -0.456 e. The smallest absolute Gasteiger partial charge is 0.146 e. The van der Waals surface area contributed by atoms with Crippen molar-refractivity contribution in [3.05, 3.63) is 52.8 Å². The molecular formula is C17H20ClNO. The normalized spacial score (nSPS) is 11.4. The maximum Gasteiger partial charge on any atom is 0.146 e. The highest BCUT2D eigenvalue weighted by atomic mass is 35.5. The van der Waals surface area contributed by atoms with Crippen molar-refractivity contribution in [2.24, 2.45) is 5.41 Å². The Bertz CT molecular complexity index is 585. The molecule has 3 heteroatoms. The molecule has 0 saturated carbocycles. The number of pyridine rings is 1. The van der Waals surface area contributed by atoms with Crippen LogP contribution in [0.4, 0.5) is 0 Å². The Morgan fingerprint density at radius 3 is 2.30 bits per heavy atom. The molecule has 0 radical (unpaired) electrons. The van der Waals surface area contributed by atoms with Gasteiger partial charge in [0, 0.05) is 0 Å². The van der Waals surface area contributed by atoms with Gasteiger partial charge in [0.25, 0.3) is 0 Å². The van der Waals surface area contributed by atoms with E-state index >= 15 is 0 Å². The van der Waals surface area contributed by atoms with Gasteiger partial charge in [-0.2, -0.15) is 0 Å². The van der Waals surface area contributed by atoms with E-state index in [0.29, 0.717) is 16.3 Å². The number of nitrogens with zero attached hydrogens (tertiary/aromatic N) is 1. The van der Waals surface area contributed by atoms with Crippen LogP contribution in [0.2, 0.25) is 5.15 Å². The zero-order chi connectivity index (χ0) is 14.8. The van der Waals surface area contributed by atoms with Gasteiger partial charge >= 0.3 is 0 Å². The van der Waals surface area contributed by atoms with E-state index in [9.17, 15) is 0 Å². The van der Waals surface area contributed by atoms with Gasteiger partial charge < -0.3 is 4.74 Å². The van der Waals surface area contributed by atoms with Gasteiger partial charge in [-0.15, -0.1) is 0 Å². The molecule has 2 rings (SSSR count). The molecule has 0 bridgehead atoms. The van der Waals surface area contributed by atoms with Crippen molar-refractivity contribution in [2.75, 3.05) is 0 Å². The third kappa shape index (κ3) is 4.24. The molecule has 2 aromatic rings. The Morgan fingerprint density at radius 2 is 1.75 bits per heavy atom. The molecule has 106 valence electrons. The number of aryl methyl sites for hydroxylation is 1. The van der Waals surface area contributed by atoms with Crippen LogP contribution in [0.15, 0.2) is 36.5 Å². The molecule has 0 fully saturated rings. The minimum absolute atomic E-state index is 0.291. The molecule has 0 saturated heterocycles. The zero-order valence-corrected chi connectivity index (χ0v) is 13.2. The van der Waals surface area contributed by atoms with Gasteiger partial charge in [-0.25, -0.2) is 4.98 Å². The first-order chi connectivity index (χ1) is 9.33. The highest BCUT2D eigenvalue weighted by Crippen LogP contribution is 2.26. The lowest BCUT2D eigenvalue weighted by atomic mass is 9.88. The van der Waals surface area contributed by atoms with Crippen molar-refractivity contribution in [3.63, 3.8) is 0 Å². The number of ether oxygens (including phenoxy) is 1. The summed E-state index contributed by atoms with van der Waals surface area (Å²) in [5, 5.41) is 0.512. The molecule has 0 aliphatic rings. The zero-order valence-electron chi connectivity index (χ0n) is 12.4. The summed E-state index contributed by atoms with van der Waals surface area (Å²) in [6.45, 7) is 8.62. The SMILES string of the molecule is Cc1cc(Oc2ccc(CC(C)(C)C)cc2)cnc1Cl. The molecule has 0 atom stereocenters. The van der Waals surface area contributed by atoms with E-state index in [0.717, 1.165) is 17.7 Å². The number of benzene rings is 1. The predicted octanol–water partition coefficient (Wildman–Crippen LogP) is 5.42. The molecule has 0 N–H and O–H groups in total. The third-order valence-corrected chi connectivity index (χ3v) is 3.28. The average molecular weight is 290 g/mol. The van der Waals surface area contributed by atoms with Crippen molar-refractivity contribution in [1.82, 2.24) is 4.98 Å². The second-order valence-electron chi connectivity index (χ2n) is 6.26. The molecule has 1 heterocycles. The topological polar surface area (TPSA) is 22.1 Å². The second-order valence-corrected chi connectivity index (χ2v) is 6.62. The lowest BCUT2D eigenvalue weighted by Crippen LogP contribution is -2.08. The first-order valence-corrected chi connectivity index (χ1v) is 7.10. The summed E-state index contributed by atoms with van der Waals surface area (Å²) >= 11 is 5.90. The molecule has 0 unspecified atom stereocenters. The fourth-order valence-electron chi connectivity index (χ4n) is 2.01. The highest BCUT2D eigenvalue weighted by molar-refractivity contribution is 6.30. The van der Waals surface area contributed by atoms with Crippen LogP contribution in [0.25, 0.3) is 0 Å². The number of aromatic nitrogens is 1. The Morgan fingerprint density at radius 1 is 1.10 bits per heavy atom. The second kappa shape index (κ2) is 5.84. The molecular weight excluding hydrogens is 270 g/mol. The van der Waals surface area contributed by atoms with Crippen LogP contribution in [0.3, 0.4) is 0 Å². The van der Waals surface area contributed by atoms with Crippen molar-refractivity contribution in [3.8, 4) is 11.5 Å². The van der Waals surface area contributed by atoms with Gasteiger partial charge in [0.2, 0.25) is 0 Å². The summed E-state index contributed by atoms with van der Waals surface area (Å²) in [6, 6.07) is 10.1. The summed E-state index contributed by atoms with van der Waals surface area (Å²) in [7, 11) is 0. The number of halogens is 1. The number of hydrogen-bond acceptors (Lipinski definition) is 2. The van der Waals surface area contributed by atoms with E-state index in [1.807, 2.05) is 25.1 Å². The molecule has 0 aliphatic heterocycles.